The first-order valence-corrected chi connectivity index (χ1v) is 13.9. The minimum Gasteiger partial charge on any atom is -0.496 e. The van der Waals surface area contributed by atoms with E-state index in [-0.39, 0.29) is 29.0 Å². The highest BCUT2D eigenvalue weighted by molar-refractivity contribution is 7.93. The van der Waals surface area contributed by atoms with Crippen molar-refractivity contribution in [1.29, 1.82) is 0 Å². The van der Waals surface area contributed by atoms with E-state index < -0.39 is 39.6 Å². The van der Waals surface area contributed by atoms with Gasteiger partial charge in [-0.2, -0.15) is 0 Å². The van der Waals surface area contributed by atoms with Gasteiger partial charge in [0.1, 0.15) is 23.4 Å². The molecule has 8 nitrogen and oxygen atoms in total. The second kappa shape index (κ2) is 11.0. The molecular weight excluding hydrogens is 554 g/mol. The number of anilines is 1. The molecule has 1 aliphatic heterocycles. The lowest BCUT2D eigenvalue weighted by atomic mass is 10.1. The molecule has 0 radical (unpaired) electrons. The molecule has 0 fully saturated rings. The lowest BCUT2D eigenvalue weighted by Crippen LogP contribution is -2.47. The Morgan fingerprint density at radius 1 is 1.00 bits per heavy atom. The van der Waals surface area contributed by atoms with Gasteiger partial charge in [0.2, 0.25) is 5.91 Å². The van der Waals surface area contributed by atoms with E-state index >= 15 is 0 Å². The van der Waals surface area contributed by atoms with Gasteiger partial charge in [-0.25, -0.2) is 22.0 Å². The maximum atomic E-state index is 14.3. The van der Waals surface area contributed by atoms with Crippen molar-refractivity contribution >= 4 is 27.6 Å². The van der Waals surface area contributed by atoms with Crippen LogP contribution in [0.5, 0.6) is 5.75 Å². The van der Waals surface area contributed by atoms with E-state index in [1.807, 2.05) is 0 Å². The SMILES string of the molecule is COc1cccc2c1CC(C(=O)NCc1ccc(C(=O)O)cc1)N2S(=O)(=O)c1ccc(-c2ccc(F)cc2F)cc1. The number of amides is 1. The Balaban J connectivity index is 1.45. The minimum atomic E-state index is -4.29. The summed E-state index contributed by atoms with van der Waals surface area (Å²) < 4.78 is 62.1. The number of methoxy groups -OCH3 is 1. The van der Waals surface area contributed by atoms with Crippen molar-refractivity contribution in [2.45, 2.75) is 23.9 Å². The molecule has 0 saturated carbocycles. The van der Waals surface area contributed by atoms with Crippen LogP contribution in [-0.2, 0) is 27.8 Å². The van der Waals surface area contributed by atoms with E-state index in [1.54, 1.807) is 30.3 Å². The number of hydrogen-bond acceptors (Lipinski definition) is 5. The van der Waals surface area contributed by atoms with Crippen LogP contribution in [0.3, 0.4) is 0 Å². The summed E-state index contributed by atoms with van der Waals surface area (Å²) in [5.74, 6) is -2.70. The number of halogens is 2. The van der Waals surface area contributed by atoms with Gasteiger partial charge in [-0.1, -0.05) is 30.3 Å². The number of sulfonamides is 1. The summed E-state index contributed by atoms with van der Waals surface area (Å²) in [4.78, 5) is 24.4. The second-order valence-corrected chi connectivity index (χ2v) is 11.2. The molecule has 0 bridgehead atoms. The molecule has 4 aromatic rings. The number of benzene rings is 4. The number of nitrogens with one attached hydrogen (secondary N) is 1. The number of fused-ring (bicyclic) bond motifs is 1. The Morgan fingerprint density at radius 2 is 1.71 bits per heavy atom. The molecule has 41 heavy (non-hydrogen) atoms. The zero-order chi connectivity index (χ0) is 29.3. The van der Waals surface area contributed by atoms with Gasteiger partial charge in [0, 0.05) is 30.2 Å². The summed E-state index contributed by atoms with van der Waals surface area (Å²) in [6.45, 7) is 0.0501. The largest absolute Gasteiger partial charge is 0.496 e. The summed E-state index contributed by atoms with van der Waals surface area (Å²) >= 11 is 0. The highest BCUT2D eigenvalue weighted by Crippen LogP contribution is 2.41. The average Bonchev–Trinajstić information content (AvgIpc) is 3.37. The van der Waals surface area contributed by atoms with Gasteiger partial charge in [0.05, 0.1) is 23.3 Å². The number of rotatable bonds is 8. The number of ether oxygens (including phenoxy) is 1. The summed E-state index contributed by atoms with van der Waals surface area (Å²) in [6, 6.07) is 18.3. The summed E-state index contributed by atoms with van der Waals surface area (Å²) in [7, 11) is -2.83. The second-order valence-electron chi connectivity index (χ2n) is 9.35. The van der Waals surface area contributed by atoms with Crippen molar-refractivity contribution in [2.24, 2.45) is 0 Å². The zero-order valence-corrected chi connectivity index (χ0v) is 22.5. The Hall–Kier alpha value is -4.77. The quantitative estimate of drug-likeness (QED) is 0.311. The number of hydrogen-bond donors (Lipinski definition) is 2. The van der Waals surface area contributed by atoms with E-state index in [1.165, 1.54) is 49.6 Å². The van der Waals surface area contributed by atoms with E-state index in [9.17, 15) is 26.8 Å². The molecule has 0 aliphatic carbocycles. The summed E-state index contributed by atoms with van der Waals surface area (Å²) in [5.41, 5.74) is 2.05. The standard InChI is InChI=1S/C30H24F2N2O6S/c1-40-28-4-2-3-26-24(28)16-27(29(35)33-17-18-5-7-20(8-6-18)30(36)37)34(26)41(38,39)22-12-9-19(10-13-22)23-14-11-21(31)15-25(23)32/h2-15,27H,16-17H2,1H3,(H,33,35)(H,36,37). The molecule has 2 N–H and O–H groups in total. The van der Waals surface area contributed by atoms with Crippen molar-refractivity contribution in [2.75, 3.05) is 11.4 Å². The Kier molecular flexibility index (Phi) is 7.46. The van der Waals surface area contributed by atoms with Gasteiger partial charge in [0.25, 0.3) is 10.0 Å². The summed E-state index contributed by atoms with van der Waals surface area (Å²) in [5, 5.41) is 11.8. The van der Waals surface area contributed by atoms with E-state index in [4.69, 9.17) is 9.84 Å². The molecule has 1 atom stereocenters. The van der Waals surface area contributed by atoms with E-state index in [2.05, 4.69) is 5.32 Å². The van der Waals surface area contributed by atoms with Crippen LogP contribution in [0.1, 0.15) is 21.5 Å². The number of carbonyl (C=O) groups is 2. The summed E-state index contributed by atoms with van der Waals surface area (Å²) in [6.07, 6.45) is 0.0568. The van der Waals surface area contributed by atoms with Crippen LogP contribution in [0.15, 0.2) is 89.8 Å². The fourth-order valence-corrected chi connectivity index (χ4v) is 6.46. The Labute approximate surface area is 234 Å². The van der Waals surface area contributed by atoms with Crippen LogP contribution in [0, 0.1) is 11.6 Å². The van der Waals surface area contributed by atoms with Crippen molar-refractivity contribution in [3.63, 3.8) is 0 Å². The Bertz CT molecular complexity index is 1740. The third-order valence-electron chi connectivity index (χ3n) is 6.87. The number of nitrogens with zero attached hydrogens (tertiary/aromatic N) is 1. The molecule has 1 aliphatic rings. The zero-order valence-electron chi connectivity index (χ0n) is 21.7. The molecule has 0 spiro atoms. The lowest BCUT2D eigenvalue weighted by molar-refractivity contribution is -0.122. The average molecular weight is 579 g/mol. The highest BCUT2D eigenvalue weighted by atomic mass is 32.2. The van der Waals surface area contributed by atoms with Crippen LogP contribution < -0.4 is 14.4 Å². The van der Waals surface area contributed by atoms with Crippen molar-refractivity contribution in [1.82, 2.24) is 5.32 Å². The minimum absolute atomic E-state index is 0.0501. The molecule has 210 valence electrons. The maximum absolute atomic E-state index is 14.3. The van der Waals surface area contributed by atoms with Crippen molar-refractivity contribution < 1.29 is 36.6 Å². The molecule has 5 rings (SSSR count). The van der Waals surface area contributed by atoms with Gasteiger partial charge < -0.3 is 15.2 Å². The number of aromatic carboxylic acids is 1. The van der Waals surface area contributed by atoms with Crippen LogP contribution >= 0.6 is 0 Å². The monoisotopic (exact) mass is 578 g/mol. The fraction of sp³-hybridized carbons (Fsp3) is 0.133. The van der Waals surface area contributed by atoms with E-state index in [0.717, 1.165) is 16.4 Å². The normalized spacial score (nSPS) is 14.4. The number of carboxylic acids is 1. The first kappa shape index (κ1) is 27.8. The molecule has 1 amide bonds. The fourth-order valence-electron chi connectivity index (χ4n) is 4.81. The molecule has 4 aromatic carbocycles. The molecule has 0 aromatic heterocycles. The molecular formula is C30H24F2N2O6S. The predicted octanol–water partition coefficient (Wildman–Crippen LogP) is 4.78. The lowest BCUT2D eigenvalue weighted by Gasteiger charge is -2.26. The first-order chi connectivity index (χ1) is 19.6. The van der Waals surface area contributed by atoms with Gasteiger partial charge in [-0.3, -0.25) is 9.10 Å². The molecule has 11 heteroatoms. The van der Waals surface area contributed by atoms with Crippen molar-refractivity contribution in [3.05, 3.63) is 113 Å². The number of carboxylic acid groups (broad SMARTS) is 1. The van der Waals surface area contributed by atoms with Gasteiger partial charge in [-0.15, -0.1) is 0 Å². The van der Waals surface area contributed by atoms with Crippen LogP contribution in [-0.4, -0.2) is 38.6 Å². The van der Waals surface area contributed by atoms with Crippen LogP contribution in [0.25, 0.3) is 11.1 Å². The van der Waals surface area contributed by atoms with Crippen molar-refractivity contribution in [3.8, 4) is 16.9 Å². The predicted molar refractivity (Wildman–Crippen MR) is 147 cm³/mol. The third-order valence-corrected chi connectivity index (χ3v) is 8.71. The molecule has 1 heterocycles. The van der Waals surface area contributed by atoms with Gasteiger partial charge >= 0.3 is 5.97 Å². The number of carbonyl (C=O) groups excluding carboxylic acids is 1. The van der Waals surface area contributed by atoms with Crippen LogP contribution in [0.4, 0.5) is 14.5 Å². The van der Waals surface area contributed by atoms with Gasteiger partial charge in [-0.05, 0) is 59.7 Å². The van der Waals surface area contributed by atoms with E-state index in [0.29, 0.717) is 28.1 Å². The first-order valence-electron chi connectivity index (χ1n) is 12.5. The molecule has 0 saturated heterocycles. The van der Waals surface area contributed by atoms with Crippen LogP contribution in [0.2, 0.25) is 0 Å². The Morgan fingerprint density at radius 3 is 2.34 bits per heavy atom. The molecule has 1 unspecified atom stereocenters. The topological polar surface area (TPSA) is 113 Å². The third kappa shape index (κ3) is 5.36. The highest BCUT2D eigenvalue weighted by Gasteiger charge is 2.43. The smallest absolute Gasteiger partial charge is 0.335 e. The van der Waals surface area contributed by atoms with Gasteiger partial charge in [0.15, 0.2) is 0 Å². The maximum Gasteiger partial charge on any atom is 0.335 e.